The van der Waals surface area contributed by atoms with E-state index in [1.165, 1.54) is 7.11 Å². The van der Waals surface area contributed by atoms with Gasteiger partial charge in [-0.1, -0.05) is 0 Å². The molecule has 0 unspecified atom stereocenters. The number of ether oxygens (including phenoxy) is 2. The van der Waals surface area contributed by atoms with E-state index in [0.29, 0.717) is 19.3 Å². The van der Waals surface area contributed by atoms with Gasteiger partial charge in [-0.15, -0.1) is 0 Å². The zero-order valence-electron chi connectivity index (χ0n) is 11.4. The van der Waals surface area contributed by atoms with Crippen molar-refractivity contribution in [1.29, 1.82) is 0 Å². The highest BCUT2D eigenvalue weighted by molar-refractivity contribution is 5.71. The molecule has 0 aliphatic heterocycles. The number of carbonyl (C=O) groups is 1. The molecule has 1 saturated carbocycles. The highest BCUT2D eigenvalue weighted by Crippen LogP contribution is 2.34. The number of hydrogen-bond acceptors (Lipinski definition) is 4. The highest BCUT2D eigenvalue weighted by atomic mass is 19.2. The molecule has 0 aromatic heterocycles. The Labute approximate surface area is 120 Å². The van der Waals surface area contributed by atoms with E-state index in [1.807, 2.05) is 0 Å². The molecule has 0 bridgehead atoms. The Kier molecular flexibility index (Phi) is 4.62. The van der Waals surface area contributed by atoms with E-state index in [4.69, 9.17) is 14.6 Å². The SMILES string of the molecule is COc1cc(F)c(F)cc1O[C@@H]1CCC[C@H](C(=O)O)[C@H]1O. The van der Waals surface area contributed by atoms with Crippen molar-refractivity contribution in [3.05, 3.63) is 23.8 Å². The molecule has 1 aliphatic rings. The summed E-state index contributed by atoms with van der Waals surface area (Å²) < 4.78 is 36.8. The summed E-state index contributed by atoms with van der Waals surface area (Å²) in [6, 6.07) is 1.67. The van der Waals surface area contributed by atoms with Crippen LogP contribution in [0.3, 0.4) is 0 Å². The first kappa shape index (κ1) is 15.5. The van der Waals surface area contributed by atoms with Crippen LogP contribution in [-0.2, 0) is 4.79 Å². The summed E-state index contributed by atoms with van der Waals surface area (Å²) in [5.41, 5.74) is 0. The molecule has 1 aliphatic carbocycles. The summed E-state index contributed by atoms with van der Waals surface area (Å²) >= 11 is 0. The van der Waals surface area contributed by atoms with Crippen molar-refractivity contribution < 1.29 is 33.3 Å². The zero-order valence-corrected chi connectivity index (χ0v) is 11.4. The molecule has 2 N–H and O–H groups in total. The minimum atomic E-state index is -1.21. The molecule has 0 spiro atoms. The Morgan fingerprint density at radius 3 is 2.43 bits per heavy atom. The van der Waals surface area contributed by atoms with Crippen LogP contribution in [0, 0.1) is 17.6 Å². The maximum atomic E-state index is 13.3. The highest BCUT2D eigenvalue weighted by Gasteiger charge is 2.38. The third kappa shape index (κ3) is 3.24. The second-order valence-electron chi connectivity index (χ2n) is 4.94. The molecule has 2 rings (SSSR count). The van der Waals surface area contributed by atoms with Gasteiger partial charge in [0, 0.05) is 12.1 Å². The van der Waals surface area contributed by atoms with Crippen LogP contribution in [-0.4, -0.2) is 35.5 Å². The average Bonchev–Trinajstić information content (AvgIpc) is 2.44. The molecule has 1 fully saturated rings. The molecule has 1 aromatic carbocycles. The molecule has 0 saturated heterocycles. The van der Waals surface area contributed by atoms with E-state index >= 15 is 0 Å². The van der Waals surface area contributed by atoms with E-state index in [1.54, 1.807) is 0 Å². The van der Waals surface area contributed by atoms with Gasteiger partial charge in [-0.05, 0) is 19.3 Å². The summed E-state index contributed by atoms with van der Waals surface area (Å²) in [6.45, 7) is 0. The maximum Gasteiger partial charge on any atom is 0.309 e. The average molecular weight is 302 g/mol. The van der Waals surface area contributed by atoms with Crippen LogP contribution >= 0.6 is 0 Å². The summed E-state index contributed by atoms with van der Waals surface area (Å²) in [7, 11) is 1.27. The summed E-state index contributed by atoms with van der Waals surface area (Å²) in [6.07, 6.45) is -0.684. The Hall–Kier alpha value is -1.89. The van der Waals surface area contributed by atoms with Crippen molar-refractivity contribution in [2.75, 3.05) is 7.11 Å². The summed E-state index contributed by atoms with van der Waals surface area (Å²) in [4.78, 5) is 11.0. The molecule has 0 radical (unpaired) electrons. The molecular weight excluding hydrogens is 286 g/mol. The lowest BCUT2D eigenvalue weighted by molar-refractivity contribution is -0.151. The van der Waals surface area contributed by atoms with Gasteiger partial charge in [-0.2, -0.15) is 0 Å². The Morgan fingerprint density at radius 2 is 1.86 bits per heavy atom. The first-order chi connectivity index (χ1) is 9.93. The summed E-state index contributed by atoms with van der Waals surface area (Å²) in [5, 5.41) is 19.1. The fraction of sp³-hybridized carbons (Fsp3) is 0.500. The second kappa shape index (κ2) is 6.26. The summed E-state index contributed by atoms with van der Waals surface area (Å²) in [5.74, 6) is -4.30. The third-order valence-corrected chi connectivity index (χ3v) is 3.60. The normalized spacial score (nSPS) is 25.4. The largest absolute Gasteiger partial charge is 0.493 e. The van der Waals surface area contributed by atoms with Crippen molar-refractivity contribution in [1.82, 2.24) is 0 Å². The number of aliphatic carboxylic acids is 1. The molecule has 0 amide bonds. The van der Waals surface area contributed by atoms with Gasteiger partial charge in [0.05, 0.1) is 13.0 Å². The number of rotatable bonds is 4. The van der Waals surface area contributed by atoms with Crippen LogP contribution < -0.4 is 9.47 Å². The Morgan fingerprint density at radius 1 is 1.24 bits per heavy atom. The lowest BCUT2D eigenvalue weighted by atomic mass is 9.84. The number of carboxylic acid groups (broad SMARTS) is 1. The number of benzene rings is 1. The molecule has 7 heteroatoms. The van der Waals surface area contributed by atoms with E-state index in [0.717, 1.165) is 12.1 Å². The van der Waals surface area contributed by atoms with Crippen molar-refractivity contribution >= 4 is 5.97 Å². The van der Waals surface area contributed by atoms with Crippen molar-refractivity contribution in [2.24, 2.45) is 5.92 Å². The van der Waals surface area contributed by atoms with Crippen molar-refractivity contribution in [3.8, 4) is 11.5 Å². The van der Waals surface area contributed by atoms with Crippen LogP contribution in [0.25, 0.3) is 0 Å². The molecule has 3 atom stereocenters. The van der Waals surface area contributed by atoms with Crippen LogP contribution in [0.1, 0.15) is 19.3 Å². The molecule has 21 heavy (non-hydrogen) atoms. The van der Waals surface area contributed by atoms with Gasteiger partial charge in [-0.25, -0.2) is 8.78 Å². The number of aliphatic hydroxyl groups is 1. The maximum absolute atomic E-state index is 13.3. The van der Waals surface area contributed by atoms with Gasteiger partial charge in [0.1, 0.15) is 12.2 Å². The third-order valence-electron chi connectivity index (χ3n) is 3.60. The number of hydrogen-bond donors (Lipinski definition) is 2. The molecule has 116 valence electrons. The lowest BCUT2D eigenvalue weighted by Crippen LogP contribution is -2.44. The molecular formula is C14H16F2O5. The van der Waals surface area contributed by atoms with Crippen molar-refractivity contribution in [3.63, 3.8) is 0 Å². The van der Waals surface area contributed by atoms with Gasteiger partial charge in [0.2, 0.25) is 0 Å². The van der Waals surface area contributed by atoms with Gasteiger partial charge >= 0.3 is 5.97 Å². The quantitative estimate of drug-likeness (QED) is 0.889. The molecule has 0 heterocycles. The van der Waals surface area contributed by atoms with Gasteiger partial charge < -0.3 is 19.7 Å². The van der Waals surface area contributed by atoms with Crippen LogP contribution in [0.5, 0.6) is 11.5 Å². The van der Waals surface area contributed by atoms with E-state index in [2.05, 4.69) is 0 Å². The van der Waals surface area contributed by atoms with E-state index < -0.39 is 35.7 Å². The van der Waals surface area contributed by atoms with E-state index in [9.17, 15) is 18.7 Å². The van der Waals surface area contributed by atoms with Crippen LogP contribution in [0.2, 0.25) is 0 Å². The monoisotopic (exact) mass is 302 g/mol. The Bertz CT molecular complexity index is 534. The number of methoxy groups -OCH3 is 1. The van der Waals surface area contributed by atoms with Crippen LogP contribution in [0.4, 0.5) is 8.78 Å². The minimum Gasteiger partial charge on any atom is -0.493 e. The fourth-order valence-electron chi connectivity index (χ4n) is 2.46. The predicted octanol–water partition coefficient (Wildman–Crippen LogP) is 1.97. The van der Waals surface area contributed by atoms with E-state index in [-0.39, 0.29) is 11.5 Å². The topological polar surface area (TPSA) is 76.0 Å². The first-order valence-electron chi connectivity index (χ1n) is 6.54. The smallest absolute Gasteiger partial charge is 0.309 e. The Balaban J connectivity index is 2.21. The van der Waals surface area contributed by atoms with Crippen LogP contribution in [0.15, 0.2) is 12.1 Å². The van der Waals surface area contributed by atoms with Gasteiger partial charge in [0.25, 0.3) is 0 Å². The molecule has 5 nitrogen and oxygen atoms in total. The number of carboxylic acids is 1. The van der Waals surface area contributed by atoms with Gasteiger partial charge in [-0.3, -0.25) is 4.79 Å². The number of halogens is 2. The first-order valence-corrected chi connectivity index (χ1v) is 6.54. The minimum absolute atomic E-state index is 0.0152. The fourth-order valence-corrected chi connectivity index (χ4v) is 2.46. The number of aliphatic hydroxyl groups excluding tert-OH is 1. The molecule has 1 aromatic rings. The zero-order chi connectivity index (χ0) is 15.6. The predicted molar refractivity (Wildman–Crippen MR) is 68.3 cm³/mol. The second-order valence-corrected chi connectivity index (χ2v) is 4.94. The lowest BCUT2D eigenvalue weighted by Gasteiger charge is -2.32. The van der Waals surface area contributed by atoms with Crippen molar-refractivity contribution in [2.45, 2.75) is 31.5 Å². The van der Waals surface area contributed by atoms with Gasteiger partial charge in [0.15, 0.2) is 23.1 Å². The standard InChI is InChI=1S/C14H16F2O5/c1-20-11-5-8(15)9(16)6-12(11)21-10-4-2-3-7(13(10)17)14(18)19/h5-7,10,13,17H,2-4H2,1H3,(H,18,19)/t7-,10+,13+/m0/s1.